The zero-order valence-electron chi connectivity index (χ0n) is 8.83. The molecule has 1 unspecified atom stereocenters. The molecule has 0 spiro atoms. The molecule has 72 valence electrons. The Bertz CT molecular complexity index is 266. The van der Waals surface area contributed by atoms with Crippen LogP contribution in [0.2, 0.25) is 0 Å². The summed E-state index contributed by atoms with van der Waals surface area (Å²) in [5.74, 6) is 0. The predicted octanol–water partition coefficient (Wildman–Crippen LogP) is 4.01. The Labute approximate surface area is 86.8 Å². The first-order valence-corrected chi connectivity index (χ1v) is 5.17. The Morgan fingerprint density at radius 2 is 1.54 bits per heavy atom. The molecule has 0 heterocycles. The highest BCUT2D eigenvalue weighted by molar-refractivity contribution is 7.80. The molecule has 0 bridgehead atoms. The first kappa shape index (κ1) is 10.6. The van der Waals surface area contributed by atoms with E-state index in [4.69, 9.17) is 0 Å². The summed E-state index contributed by atoms with van der Waals surface area (Å²) in [6, 6.07) is 8.62. The molecule has 1 aromatic carbocycles. The Kier molecular flexibility index (Phi) is 3.07. The Hall–Kier alpha value is -0.430. The molecular formula is C12H18S. The van der Waals surface area contributed by atoms with E-state index in [1.54, 1.807) is 0 Å². The SMILES string of the molecule is Cc1ccc(C(S)C(C)(C)C)cc1. The fourth-order valence-corrected chi connectivity index (χ4v) is 1.42. The third-order valence-electron chi connectivity index (χ3n) is 2.21. The van der Waals surface area contributed by atoms with Crippen molar-refractivity contribution in [1.82, 2.24) is 0 Å². The van der Waals surface area contributed by atoms with Crippen LogP contribution in [0.15, 0.2) is 24.3 Å². The second-order valence-corrected chi connectivity index (χ2v) is 5.20. The summed E-state index contributed by atoms with van der Waals surface area (Å²) >= 11 is 4.63. The molecule has 0 aliphatic heterocycles. The maximum Gasteiger partial charge on any atom is 0.0315 e. The van der Waals surface area contributed by atoms with Crippen LogP contribution >= 0.6 is 12.6 Å². The van der Waals surface area contributed by atoms with Crippen LogP contribution < -0.4 is 0 Å². The van der Waals surface area contributed by atoms with Crippen LogP contribution in [0.3, 0.4) is 0 Å². The van der Waals surface area contributed by atoms with Crippen LogP contribution in [-0.2, 0) is 0 Å². The van der Waals surface area contributed by atoms with Crippen molar-refractivity contribution in [3.05, 3.63) is 35.4 Å². The first-order valence-electron chi connectivity index (χ1n) is 4.66. The third-order valence-corrected chi connectivity index (χ3v) is 3.29. The molecule has 0 aliphatic carbocycles. The van der Waals surface area contributed by atoms with Gasteiger partial charge in [-0.15, -0.1) is 0 Å². The van der Waals surface area contributed by atoms with E-state index in [1.807, 2.05) is 0 Å². The molecule has 0 amide bonds. The van der Waals surface area contributed by atoms with E-state index in [2.05, 4.69) is 64.6 Å². The molecule has 0 aliphatic rings. The van der Waals surface area contributed by atoms with Gasteiger partial charge in [0, 0.05) is 5.25 Å². The van der Waals surface area contributed by atoms with Gasteiger partial charge in [-0.3, -0.25) is 0 Å². The van der Waals surface area contributed by atoms with Gasteiger partial charge < -0.3 is 0 Å². The van der Waals surface area contributed by atoms with Crippen molar-refractivity contribution in [2.24, 2.45) is 5.41 Å². The molecular weight excluding hydrogens is 176 g/mol. The average Bonchev–Trinajstić information content (AvgIpc) is 2.03. The average molecular weight is 194 g/mol. The third kappa shape index (κ3) is 2.77. The highest BCUT2D eigenvalue weighted by Gasteiger charge is 2.22. The zero-order valence-corrected chi connectivity index (χ0v) is 9.73. The van der Waals surface area contributed by atoms with Gasteiger partial charge in [-0.05, 0) is 17.9 Å². The Morgan fingerprint density at radius 3 is 1.92 bits per heavy atom. The molecule has 0 fully saturated rings. The summed E-state index contributed by atoms with van der Waals surface area (Å²) in [5.41, 5.74) is 2.83. The van der Waals surface area contributed by atoms with Crippen molar-refractivity contribution in [1.29, 1.82) is 0 Å². The number of hydrogen-bond donors (Lipinski definition) is 1. The Balaban J connectivity index is 2.90. The van der Waals surface area contributed by atoms with Gasteiger partial charge in [0.2, 0.25) is 0 Å². The monoisotopic (exact) mass is 194 g/mol. The van der Waals surface area contributed by atoms with Crippen molar-refractivity contribution >= 4 is 12.6 Å². The van der Waals surface area contributed by atoms with Crippen LogP contribution in [0, 0.1) is 12.3 Å². The van der Waals surface area contributed by atoms with Gasteiger partial charge in [0.1, 0.15) is 0 Å². The molecule has 13 heavy (non-hydrogen) atoms. The minimum absolute atomic E-state index is 0.221. The van der Waals surface area contributed by atoms with E-state index < -0.39 is 0 Å². The van der Waals surface area contributed by atoms with Crippen molar-refractivity contribution in [2.75, 3.05) is 0 Å². The van der Waals surface area contributed by atoms with E-state index in [0.29, 0.717) is 5.25 Å². The number of thiol groups is 1. The van der Waals surface area contributed by atoms with Gasteiger partial charge in [0.15, 0.2) is 0 Å². The predicted molar refractivity (Wildman–Crippen MR) is 62.4 cm³/mol. The van der Waals surface area contributed by atoms with E-state index >= 15 is 0 Å². The summed E-state index contributed by atoms with van der Waals surface area (Å²) in [7, 11) is 0. The zero-order chi connectivity index (χ0) is 10.1. The largest absolute Gasteiger partial charge is 0.171 e. The smallest absolute Gasteiger partial charge is 0.0315 e. The highest BCUT2D eigenvalue weighted by Crippen LogP contribution is 2.37. The minimum Gasteiger partial charge on any atom is -0.171 e. The molecule has 0 N–H and O–H groups in total. The van der Waals surface area contributed by atoms with Crippen molar-refractivity contribution in [3.8, 4) is 0 Å². The minimum atomic E-state index is 0.221. The fraction of sp³-hybridized carbons (Fsp3) is 0.500. The topological polar surface area (TPSA) is 0 Å². The summed E-state index contributed by atoms with van der Waals surface area (Å²) in [4.78, 5) is 0. The van der Waals surface area contributed by atoms with Crippen LogP contribution in [0.5, 0.6) is 0 Å². The maximum atomic E-state index is 4.63. The molecule has 0 saturated heterocycles. The van der Waals surface area contributed by atoms with Crippen molar-refractivity contribution in [2.45, 2.75) is 32.9 Å². The number of aryl methyl sites for hydroxylation is 1. The van der Waals surface area contributed by atoms with Gasteiger partial charge >= 0.3 is 0 Å². The first-order chi connectivity index (χ1) is 5.91. The van der Waals surface area contributed by atoms with Gasteiger partial charge in [-0.2, -0.15) is 12.6 Å². The van der Waals surface area contributed by atoms with Crippen LogP contribution in [-0.4, -0.2) is 0 Å². The van der Waals surface area contributed by atoms with Gasteiger partial charge in [-0.25, -0.2) is 0 Å². The maximum absolute atomic E-state index is 4.63. The lowest BCUT2D eigenvalue weighted by Crippen LogP contribution is -2.13. The van der Waals surface area contributed by atoms with E-state index in [0.717, 1.165) is 0 Å². The quantitative estimate of drug-likeness (QED) is 0.642. The number of rotatable bonds is 1. The molecule has 0 nitrogen and oxygen atoms in total. The molecule has 0 aromatic heterocycles. The van der Waals surface area contributed by atoms with Crippen LogP contribution in [0.4, 0.5) is 0 Å². The number of hydrogen-bond acceptors (Lipinski definition) is 1. The van der Waals surface area contributed by atoms with Crippen molar-refractivity contribution < 1.29 is 0 Å². The van der Waals surface area contributed by atoms with Gasteiger partial charge in [0.25, 0.3) is 0 Å². The summed E-state index contributed by atoms with van der Waals surface area (Å²) in [6.45, 7) is 8.74. The van der Waals surface area contributed by atoms with E-state index in [1.165, 1.54) is 11.1 Å². The summed E-state index contributed by atoms with van der Waals surface area (Å²) in [5, 5.41) is 0.313. The standard InChI is InChI=1S/C12H18S/c1-9-5-7-10(8-6-9)11(13)12(2,3)4/h5-8,11,13H,1-4H3. The lowest BCUT2D eigenvalue weighted by atomic mass is 9.87. The highest BCUT2D eigenvalue weighted by atomic mass is 32.1. The fourth-order valence-electron chi connectivity index (χ4n) is 1.25. The summed E-state index contributed by atoms with van der Waals surface area (Å²) in [6.07, 6.45) is 0. The molecule has 0 saturated carbocycles. The second kappa shape index (κ2) is 3.75. The number of benzene rings is 1. The van der Waals surface area contributed by atoms with Crippen LogP contribution in [0.1, 0.15) is 37.1 Å². The molecule has 1 rings (SSSR count). The van der Waals surface area contributed by atoms with Crippen LogP contribution in [0.25, 0.3) is 0 Å². The Morgan fingerprint density at radius 1 is 1.08 bits per heavy atom. The molecule has 1 atom stereocenters. The molecule has 1 aromatic rings. The van der Waals surface area contributed by atoms with E-state index in [-0.39, 0.29) is 5.41 Å². The normalized spacial score (nSPS) is 14.2. The lowest BCUT2D eigenvalue weighted by Gasteiger charge is -2.26. The molecule has 1 heteroatoms. The second-order valence-electron chi connectivity index (χ2n) is 4.68. The van der Waals surface area contributed by atoms with Crippen molar-refractivity contribution in [3.63, 3.8) is 0 Å². The van der Waals surface area contributed by atoms with E-state index in [9.17, 15) is 0 Å². The van der Waals surface area contributed by atoms with Gasteiger partial charge in [0.05, 0.1) is 0 Å². The lowest BCUT2D eigenvalue weighted by molar-refractivity contribution is 0.403. The molecule has 0 radical (unpaired) electrons. The summed E-state index contributed by atoms with van der Waals surface area (Å²) < 4.78 is 0. The van der Waals surface area contributed by atoms with Gasteiger partial charge in [-0.1, -0.05) is 50.6 Å².